The smallest absolute Gasteiger partial charge is 0.322 e. The van der Waals surface area contributed by atoms with Gasteiger partial charge in [-0.1, -0.05) is 42.5 Å². The number of carbonyl (C=O) groups is 2. The zero-order valence-electron chi connectivity index (χ0n) is 22.9. The standard InChI is InChI=1S/C33H31N5O3/c1-20-25(7-4-8-29(20)36-33(40)38-18-21-5-2-3-6-22(21)19-38)28-17-35-31(32(34)39)27-16-23-15-24(9-10-26(23)30(27)28)37-11-13-41-14-12-37/h2-10,15,17H,11-14,16,18-19H2,1H3,(H2,34,39)(H,36,40). The molecule has 3 N–H and O–H groups in total. The first kappa shape index (κ1) is 25.3. The predicted molar refractivity (Wildman–Crippen MR) is 159 cm³/mol. The second-order valence-corrected chi connectivity index (χ2v) is 10.9. The highest BCUT2D eigenvalue weighted by Gasteiger charge is 2.29. The van der Waals surface area contributed by atoms with Crippen LogP contribution in [-0.4, -0.2) is 48.1 Å². The van der Waals surface area contributed by atoms with Gasteiger partial charge in [0.25, 0.3) is 5.91 Å². The van der Waals surface area contributed by atoms with Crippen molar-refractivity contribution in [3.63, 3.8) is 0 Å². The molecule has 1 saturated heterocycles. The van der Waals surface area contributed by atoms with Gasteiger partial charge in [0.2, 0.25) is 0 Å². The van der Waals surface area contributed by atoms with Gasteiger partial charge >= 0.3 is 6.03 Å². The largest absolute Gasteiger partial charge is 0.378 e. The lowest BCUT2D eigenvalue weighted by molar-refractivity contribution is 0.0995. The Labute approximate surface area is 238 Å². The van der Waals surface area contributed by atoms with Crippen LogP contribution in [0, 0.1) is 6.92 Å². The van der Waals surface area contributed by atoms with E-state index in [1.54, 1.807) is 6.20 Å². The summed E-state index contributed by atoms with van der Waals surface area (Å²) in [5, 5.41) is 3.13. The molecule has 1 fully saturated rings. The number of pyridine rings is 1. The van der Waals surface area contributed by atoms with Crippen molar-refractivity contribution in [3.8, 4) is 22.3 Å². The Kier molecular flexibility index (Phi) is 6.20. The van der Waals surface area contributed by atoms with E-state index in [-0.39, 0.29) is 6.03 Å². The van der Waals surface area contributed by atoms with Crippen molar-refractivity contribution >= 4 is 23.3 Å². The fraction of sp³-hybridized carbons (Fsp3) is 0.242. The van der Waals surface area contributed by atoms with E-state index >= 15 is 0 Å². The van der Waals surface area contributed by atoms with E-state index in [1.807, 2.05) is 42.2 Å². The van der Waals surface area contributed by atoms with Crippen LogP contribution in [0.1, 0.15) is 38.3 Å². The van der Waals surface area contributed by atoms with Gasteiger partial charge in [0.05, 0.1) is 13.2 Å². The van der Waals surface area contributed by atoms with Gasteiger partial charge in [-0.25, -0.2) is 4.79 Å². The van der Waals surface area contributed by atoms with E-state index in [4.69, 9.17) is 10.5 Å². The molecule has 3 aromatic carbocycles. The van der Waals surface area contributed by atoms with E-state index < -0.39 is 5.91 Å². The van der Waals surface area contributed by atoms with Gasteiger partial charge in [-0.3, -0.25) is 9.78 Å². The molecule has 2 aliphatic heterocycles. The number of nitrogens with one attached hydrogen (secondary N) is 1. The van der Waals surface area contributed by atoms with Gasteiger partial charge in [-0.2, -0.15) is 0 Å². The number of nitrogens with two attached hydrogens (primary N) is 1. The maximum Gasteiger partial charge on any atom is 0.322 e. The Bertz CT molecular complexity index is 1680. The monoisotopic (exact) mass is 545 g/mol. The van der Waals surface area contributed by atoms with Gasteiger partial charge in [-0.05, 0) is 69.6 Å². The number of nitrogens with zero attached hydrogens (tertiary/aromatic N) is 3. The van der Waals surface area contributed by atoms with Crippen molar-refractivity contribution < 1.29 is 14.3 Å². The molecule has 0 saturated carbocycles. The molecule has 0 spiro atoms. The van der Waals surface area contributed by atoms with Crippen LogP contribution < -0.4 is 16.0 Å². The number of anilines is 2. The van der Waals surface area contributed by atoms with Crippen LogP contribution in [-0.2, 0) is 24.2 Å². The number of urea groups is 1. The van der Waals surface area contributed by atoms with Crippen LogP contribution >= 0.6 is 0 Å². The molecule has 0 atom stereocenters. The molecule has 1 aliphatic carbocycles. The lowest BCUT2D eigenvalue weighted by Gasteiger charge is -2.29. The zero-order valence-corrected chi connectivity index (χ0v) is 22.9. The fourth-order valence-electron chi connectivity index (χ4n) is 6.36. The molecule has 3 amide bonds. The van der Waals surface area contributed by atoms with Crippen molar-refractivity contribution in [2.75, 3.05) is 36.5 Å². The lowest BCUT2D eigenvalue weighted by Crippen LogP contribution is -2.36. The Morgan fingerprint density at radius 1 is 0.902 bits per heavy atom. The summed E-state index contributed by atoms with van der Waals surface area (Å²) in [7, 11) is 0. The number of morpholine rings is 1. The topological polar surface area (TPSA) is 101 Å². The molecule has 3 heterocycles. The first-order valence-electron chi connectivity index (χ1n) is 14.0. The van der Waals surface area contributed by atoms with E-state index in [0.717, 1.165) is 63.4 Å². The van der Waals surface area contributed by atoms with Crippen LogP contribution in [0.25, 0.3) is 22.3 Å². The molecule has 0 bridgehead atoms. The van der Waals surface area contributed by atoms with E-state index in [2.05, 4.69) is 45.5 Å². The zero-order chi connectivity index (χ0) is 28.1. The minimum Gasteiger partial charge on any atom is -0.378 e. The molecule has 4 aromatic rings. The Morgan fingerprint density at radius 2 is 1.66 bits per heavy atom. The van der Waals surface area contributed by atoms with Crippen LogP contribution in [0.2, 0.25) is 0 Å². The van der Waals surface area contributed by atoms with Gasteiger partial charge in [0.1, 0.15) is 5.69 Å². The maximum atomic E-state index is 13.3. The van der Waals surface area contributed by atoms with Gasteiger partial charge < -0.3 is 25.6 Å². The van der Waals surface area contributed by atoms with E-state index in [9.17, 15) is 9.59 Å². The molecule has 0 radical (unpaired) electrons. The number of rotatable bonds is 4. The molecule has 0 unspecified atom stereocenters. The van der Waals surface area contributed by atoms with Gasteiger partial charge in [-0.15, -0.1) is 0 Å². The number of benzene rings is 3. The fourth-order valence-corrected chi connectivity index (χ4v) is 6.36. The number of primary amides is 1. The number of hydrogen-bond acceptors (Lipinski definition) is 5. The lowest BCUT2D eigenvalue weighted by atomic mass is 9.92. The molecular weight excluding hydrogens is 514 g/mol. The minimum absolute atomic E-state index is 0.130. The summed E-state index contributed by atoms with van der Waals surface area (Å²) < 4.78 is 5.53. The first-order valence-corrected chi connectivity index (χ1v) is 14.0. The number of aromatic nitrogens is 1. The summed E-state index contributed by atoms with van der Waals surface area (Å²) in [5.41, 5.74) is 17.2. The summed E-state index contributed by atoms with van der Waals surface area (Å²) in [6, 6.07) is 20.4. The van der Waals surface area contributed by atoms with Gasteiger partial charge in [0.15, 0.2) is 0 Å². The third kappa shape index (κ3) is 4.40. The Balaban J connectivity index is 1.24. The van der Waals surface area contributed by atoms with Crippen molar-refractivity contribution in [3.05, 3.63) is 100 Å². The highest BCUT2D eigenvalue weighted by atomic mass is 16.5. The summed E-state index contributed by atoms with van der Waals surface area (Å²) in [4.78, 5) is 34.4. The van der Waals surface area contributed by atoms with E-state index in [1.165, 1.54) is 11.1 Å². The number of amides is 3. The summed E-state index contributed by atoms with van der Waals surface area (Å²) in [6.45, 7) is 6.34. The first-order chi connectivity index (χ1) is 20.0. The van der Waals surface area contributed by atoms with Gasteiger partial charge in [0, 0.05) is 55.7 Å². The third-order valence-electron chi connectivity index (χ3n) is 8.51. The van der Waals surface area contributed by atoms with Crippen molar-refractivity contribution in [1.29, 1.82) is 0 Å². The van der Waals surface area contributed by atoms with E-state index in [0.29, 0.717) is 38.4 Å². The predicted octanol–water partition coefficient (Wildman–Crippen LogP) is 5.11. The molecule has 206 valence electrons. The molecule has 7 rings (SSSR count). The maximum absolute atomic E-state index is 13.3. The second-order valence-electron chi connectivity index (χ2n) is 10.9. The van der Waals surface area contributed by atoms with Crippen LogP contribution in [0.4, 0.5) is 16.2 Å². The average Bonchev–Trinajstić information content (AvgIpc) is 3.60. The Morgan fingerprint density at radius 3 is 2.39 bits per heavy atom. The summed E-state index contributed by atoms with van der Waals surface area (Å²) in [6.07, 6.45) is 2.34. The summed E-state index contributed by atoms with van der Waals surface area (Å²) >= 11 is 0. The van der Waals surface area contributed by atoms with Crippen molar-refractivity contribution in [2.24, 2.45) is 5.73 Å². The highest BCUT2D eigenvalue weighted by Crippen LogP contribution is 2.46. The van der Waals surface area contributed by atoms with Crippen LogP contribution in [0.5, 0.6) is 0 Å². The third-order valence-corrected chi connectivity index (χ3v) is 8.51. The Hall–Kier alpha value is -4.69. The normalized spacial score (nSPS) is 15.3. The molecule has 8 heteroatoms. The number of carbonyl (C=O) groups excluding carboxylic acids is 2. The highest BCUT2D eigenvalue weighted by molar-refractivity contribution is 6.01. The van der Waals surface area contributed by atoms with Crippen LogP contribution in [0.3, 0.4) is 0 Å². The van der Waals surface area contributed by atoms with Crippen LogP contribution in [0.15, 0.2) is 66.9 Å². The molecular formula is C33H31N5O3. The van der Waals surface area contributed by atoms with Crippen molar-refractivity contribution in [2.45, 2.75) is 26.4 Å². The number of ether oxygens (including phenoxy) is 1. The molecule has 8 nitrogen and oxygen atoms in total. The second kappa shape index (κ2) is 10.1. The SMILES string of the molecule is Cc1c(NC(=O)N2Cc3ccccc3C2)cccc1-c1cnc(C(N)=O)c2c1-c1ccc(N3CCOCC3)cc1C2. The number of fused-ring (bicyclic) bond motifs is 4. The molecule has 1 aromatic heterocycles. The minimum atomic E-state index is -0.529. The average molecular weight is 546 g/mol. The number of hydrogen-bond donors (Lipinski definition) is 2. The quantitative estimate of drug-likeness (QED) is 0.327. The van der Waals surface area contributed by atoms with Crippen molar-refractivity contribution in [1.82, 2.24) is 9.88 Å². The molecule has 41 heavy (non-hydrogen) atoms. The molecule has 3 aliphatic rings. The summed E-state index contributed by atoms with van der Waals surface area (Å²) in [5.74, 6) is -0.529.